The lowest BCUT2D eigenvalue weighted by Crippen LogP contribution is -2.39. The van der Waals surface area contributed by atoms with Crippen LogP contribution in [0.5, 0.6) is 5.75 Å². The SMILES string of the molecule is CC1(C)C[C@@H]2C[C@@](C)(CN2C(=O)COC(=O)c2ccc(OCC(=O)Nc3cccc(C(F)(F)F)c3)cc2)C1. The summed E-state index contributed by atoms with van der Waals surface area (Å²) in [5, 5.41) is 2.35. The van der Waals surface area contributed by atoms with E-state index in [1.54, 1.807) is 0 Å². The van der Waals surface area contributed by atoms with Crippen molar-refractivity contribution >= 4 is 23.5 Å². The van der Waals surface area contributed by atoms with Crippen molar-refractivity contribution in [2.24, 2.45) is 10.8 Å². The van der Waals surface area contributed by atoms with Gasteiger partial charge in [0.2, 0.25) is 0 Å². The highest BCUT2D eigenvalue weighted by Crippen LogP contribution is 2.52. The van der Waals surface area contributed by atoms with E-state index >= 15 is 0 Å². The van der Waals surface area contributed by atoms with E-state index in [-0.39, 0.29) is 46.4 Å². The Hall–Kier alpha value is -3.56. The standard InChI is InChI=1S/C28H31F3N2O5/c1-26(2)12-21-13-27(3,16-26)17-33(21)24(35)15-38-25(36)18-7-9-22(10-8-18)37-14-23(34)32-20-6-4-5-19(11-20)28(29,30)31/h4-11,21H,12-17H2,1-3H3,(H,32,34)/t21-,27-/m1/s1. The number of fused-ring (bicyclic) bond motifs is 2. The number of anilines is 1. The van der Waals surface area contributed by atoms with E-state index in [1.165, 1.54) is 36.4 Å². The van der Waals surface area contributed by atoms with E-state index in [4.69, 9.17) is 9.47 Å². The molecular weight excluding hydrogens is 501 g/mol. The number of ether oxygens (including phenoxy) is 2. The van der Waals surface area contributed by atoms with Gasteiger partial charge in [0.25, 0.3) is 11.8 Å². The van der Waals surface area contributed by atoms with Crippen LogP contribution in [-0.2, 0) is 20.5 Å². The highest BCUT2D eigenvalue weighted by Gasteiger charge is 2.51. The number of carbonyl (C=O) groups excluding carboxylic acids is 3. The second-order valence-electron chi connectivity index (χ2n) is 11.3. The lowest BCUT2D eigenvalue weighted by atomic mass is 9.65. The molecule has 4 rings (SSSR count). The molecule has 7 nitrogen and oxygen atoms in total. The van der Waals surface area contributed by atoms with Crippen LogP contribution in [0.25, 0.3) is 0 Å². The van der Waals surface area contributed by atoms with Crippen molar-refractivity contribution in [3.63, 3.8) is 0 Å². The molecule has 1 aliphatic carbocycles. The molecule has 0 aromatic heterocycles. The molecule has 1 aliphatic heterocycles. The van der Waals surface area contributed by atoms with Gasteiger partial charge >= 0.3 is 12.1 Å². The van der Waals surface area contributed by atoms with Crippen LogP contribution < -0.4 is 10.1 Å². The van der Waals surface area contributed by atoms with Crippen molar-refractivity contribution in [3.05, 3.63) is 59.7 Å². The summed E-state index contributed by atoms with van der Waals surface area (Å²) in [6.45, 7) is 6.55. The summed E-state index contributed by atoms with van der Waals surface area (Å²) in [6, 6.07) is 10.3. The van der Waals surface area contributed by atoms with E-state index in [9.17, 15) is 27.6 Å². The maximum Gasteiger partial charge on any atom is 0.416 e. The van der Waals surface area contributed by atoms with Gasteiger partial charge in [0, 0.05) is 18.3 Å². The van der Waals surface area contributed by atoms with Crippen molar-refractivity contribution in [2.75, 3.05) is 25.1 Å². The number of carbonyl (C=O) groups is 3. The first kappa shape index (κ1) is 27.5. The summed E-state index contributed by atoms with van der Waals surface area (Å²) >= 11 is 0. The van der Waals surface area contributed by atoms with Crippen LogP contribution in [-0.4, -0.2) is 48.5 Å². The number of halogens is 3. The molecule has 2 aromatic rings. The van der Waals surface area contributed by atoms with Gasteiger partial charge in [-0.25, -0.2) is 4.79 Å². The van der Waals surface area contributed by atoms with Crippen LogP contribution in [0, 0.1) is 10.8 Å². The minimum atomic E-state index is -4.52. The Bertz CT molecular complexity index is 1210. The highest BCUT2D eigenvalue weighted by atomic mass is 19.4. The number of alkyl halides is 3. The average molecular weight is 533 g/mol. The highest BCUT2D eigenvalue weighted by molar-refractivity contribution is 5.92. The zero-order valence-electron chi connectivity index (χ0n) is 21.6. The molecule has 2 amide bonds. The lowest BCUT2D eigenvalue weighted by molar-refractivity contribution is -0.137. The summed E-state index contributed by atoms with van der Waals surface area (Å²) in [7, 11) is 0. The second-order valence-corrected chi connectivity index (χ2v) is 11.3. The maximum absolute atomic E-state index is 12.8. The summed E-state index contributed by atoms with van der Waals surface area (Å²) in [5.41, 5.74) is -0.400. The molecule has 2 fully saturated rings. The van der Waals surface area contributed by atoms with E-state index < -0.39 is 30.2 Å². The molecule has 10 heteroatoms. The molecule has 0 radical (unpaired) electrons. The third-order valence-electron chi connectivity index (χ3n) is 7.00. The fourth-order valence-electron chi connectivity index (χ4n) is 5.85. The Kier molecular flexibility index (Phi) is 7.45. The molecular formula is C28H31F3N2O5. The van der Waals surface area contributed by atoms with Gasteiger partial charge in [-0.05, 0) is 72.6 Å². The summed E-state index contributed by atoms with van der Waals surface area (Å²) in [4.78, 5) is 39.2. The molecule has 1 saturated heterocycles. The van der Waals surface area contributed by atoms with Gasteiger partial charge in [0.05, 0.1) is 11.1 Å². The van der Waals surface area contributed by atoms with Crippen LogP contribution in [0.3, 0.4) is 0 Å². The van der Waals surface area contributed by atoms with Crippen LogP contribution in [0.15, 0.2) is 48.5 Å². The fraction of sp³-hybridized carbons (Fsp3) is 0.464. The van der Waals surface area contributed by atoms with Crippen LogP contribution in [0.2, 0.25) is 0 Å². The molecule has 2 aliphatic rings. The topological polar surface area (TPSA) is 84.9 Å². The molecule has 204 valence electrons. The molecule has 38 heavy (non-hydrogen) atoms. The number of amides is 2. The van der Waals surface area contributed by atoms with Crippen molar-refractivity contribution < 1.29 is 37.0 Å². The second kappa shape index (κ2) is 10.3. The zero-order valence-corrected chi connectivity index (χ0v) is 21.6. The Morgan fingerprint density at radius 3 is 2.42 bits per heavy atom. The van der Waals surface area contributed by atoms with Gasteiger partial charge in [0.15, 0.2) is 13.2 Å². The van der Waals surface area contributed by atoms with Gasteiger partial charge in [-0.15, -0.1) is 0 Å². The molecule has 1 N–H and O–H groups in total. The Labute approximate surface area is 219 Å². The van der Waals surface area contributed by atoms with Crippen molar-refractivity contribution in [2.45, 2.75) is 52.3 Å². The molecule has 2 atom stereocenters. The first-order valence-electron chi connectivity index (χ1n) is 12.4. The summed E-state index contributed by atoms with van der Waals surface area (Å²) in [6.07, 6.45) is -1.56. The summed E-state index contributed by atoms with van der Waals surface area (Å²) < 4.78 is 49.1. The quantitative estimate of drug-likeness (QED) is 0.489. The molecule has 1 saturated carbocycles. The number of hydrogen-bond acceptors (Lipinski definition) is 5. The average Bonchev–Trinajstić information content (AvgIpc) is 3.09. The van der Waals surface area contributed by atoms with Crippen molar-refractivity contribution in [3.8, 4) is 5.75 Å². The van der Waals surface area contributed by atoms with Gasteiger partial charge in [-0.2, -0.15) is 13.2 Å². The number of nitrogens with one attached hydrogen (secondary N) is 1. The largest absolute Gasteiger partial charge is 0.484 e. The maximum atomic E-state index is 12.8. The minimum absolute atomic E-state index is 0.00346. The normalized spacial score (nSPS) is 22.1. The van der Waals surface area contributed by atoms with Gasteiger partial charge in [-0.1, -0.05) is 26.8 Å². The number of likely N-dealkylation sites (tertiary alicyclic amines) is 1. The first-order valence-corrected chi connectivity index (χ1v) is 12.4. The molecule has 0 unspecified atom stereocenters. The van der Waals surface area contributed by atoms with Gasteiger partial charge in [0.1, 0.15) is 5.75 Å². The predicted molar refractivity (Wildman–Crippen MR) is 134 cm³/mol. The Morgan fingerprint density at radius 2 is 1.74 bits per heavy atom. The van der Waals surface area contributed by atoms with Crippen LogP contribution in [0.1, 0.15) is 56.0 Å². The Balaban J connectivity index is 1.24. The number of esters is 1. The molecule has 2 aromatic carbocycles. The van der Waals surface area contributed by atoms with Gasteiger partial charge in [-0.3, -0.25) is 9.59 Å². The fourth-order valence-corrected chi connectivity index (χ4v) is 5.85. The number of rotatable bonds is 7. The molecule has 0 spiro atoms. The third-order valence-corrected chi connectivity index (χ3v) is 7.00. The van der Waals surface area contributed by atoms with Crippen molar-refractivity contribution in [1.29, 1.82) is 0 Å². The van der Waals surface area contributed by atoms with E-state index in [2.05, 4.69) is 26.1 Å². The molecule has 1 heterocycles. The summed E-state index contributed by atoms with van der Waals surface area (Å²) in [5.74, 6) is -1.22. The predicted octanol–water partition coefficient (Wildman–Crippen LogP) is 5.31. The van der Waals surface area contributed by atoms with Crippen molar-refractivity contribution in [1.82, 2.24) is 4.90 Å². The number of hydrogen-bond donors (Lipinski definition) is 1. The first-order chi connectivity index (χ1) is 17.7. The zero-order chi connectivity index (χ0) is 27.7. The van der Waals surface area contributed by atoms with Gasteiger partial charge < -0.3 is 19.7 Å². The van der Waals surface area contributed by atoms with E-state index in [1.807, 2.05) is 4.90 Å². The monoisotopic (exact) mass is 532 g/mol. The Morgan fingerprint density at radius 1 is 1.03 bits per heavy atom. The minimum Gasteiger partial charge on any atom is -0.484 e. The van der Waals surface area contributed by atoms with Crippen LogP contribution in [0.4, 0.5) is 18.9 Å². The number of nitrogens with zero attached hydrogens (tertiary/aromatic N) is 1. The lowest BCUT2D eigenvalue weighted by Gasteiger charge is -2.39. The molecule has 2 bridgehead atoms. The van der Waals surface area contributed by atoms with E-state index in [0.29, 0.717) is 6.54 Å². The third kappa shape index (κ3) is 6.65. The smallest absolute Gasteiger partial charge is 0.416 e. The van der Waals surface area contributed by atoms with E-state index in [0.717, 1.165) is 31.4 Å². The number of benzene rings is 2. The van der Waals surface area contributed by atoms with Crippen LogP contribution >= 0.6 is 0 Å².